The first-order valence-electron chi connectivity index (χ1n) is 13.4. The molecule has 196 valence electrons. The number of fused-ring (bicyclic) bond motifs is 1. The van der Waals surface area contributed by atoms with Gasteiger partial charge >= 0.3 is 0 Å². The van der Waals surface area contributed by atoms with Gasteiger partial charge in [0.2, 0.25) is 0 Å². The van der Waals surface area contributed by atoms with E-state index in [1.165, 1.54) is 11.1 Å². The second-order valence-electron chi connectivity index (χ2n) is 10.4. The topological polar surface area (TPSA) is 75.0 Å². The lowest BCUT2D eigenvalue weighted by molar-refractivity contribution is 0.222. The molecule has 7 nitrogen and oxygen atoms in total. The lowest BCUT2D eigenvalue weighted by Crippen LogP contribution is -2.36. The molecule has 2 aromatic heterocycles. The number of aromatic amines is 1. The summed E-state index contributed by atoms with van der Waals surface area (Å²) < 4.78 is 1.89. The quantitative estimate of drug-likeness (QED) is 0.386. The number of aliphatic imine (C=N–C) groups is 1. The van der Waals surface area contributed by atoms with Gasteiger partial charge in [0.25, 0.3) is 0 Å². The number of H-pyrrole nitrogens is 1. The first-order valence-corrected chi connectivity index (χ1v) is 13.4. The maximum absolute atomic E-state index is 4.62. The van der Waals surface area contributed by atoms with Gasteiger partial charge in [-0.1, -0.05) is 41.7 Å². The van der Waals surface area contributed by atoms with Gasteiger partial charge in [-0.2, -0.15) is 5.10 Å². The van der Waals surface area contributed by atoms with E-state index < -0.39 is 0 Å². The van der Waals surface area contributed by atoms with Crippen molar-refractivity contribution in [3.63, 3.8) is 0 Å². The Morgan fingerprint density at radius 3 is 2.95 bits per heavy atom. The Balaban J connectivity index is 1.37. The minimum Gasteiger partial charge on any atom is -0.298 e. The average Bonchev–Trinajstić information content (AvgIpc) is 3.51. The summed E-state index contributed by atoms with van der Waals surface area (Å²) in [5.74, 6) is 0.364. The molecule has 3 aromatic rings. The van der Waals surface area contributed by atoms with Crippen LogP contribution in [0.2, 0.25) is 0 Å². The Morgan fingerprint density at radius 2 is 2.13 bits per heavy atom. The highest BCUT2D eigenvalue weighted by Crippen LogP contribution is 2.29. The van der Waals surface area contributed by atoms with E-state index >= 15 is 0 Å². The fourth-order valence-electron chi connectivity index (χ4n) is 5.41. The summed E-state index contributed by atoms with van der Waals surface area (Å²) in [7, 11) is 0. The first-order chi connectivity index (χ1) is 18.4. The third kappa shape index (κ3) is 5.53. The number of hydrogen-bond acceptors (Lipinski definition) is 5. The first kappa shape index (κ1) is 25.8. The summed E-state index contributed by atoms with van der Waals surface area (Å²) in [5, 5.41) is 18.0. The minimum absolute atomic E-state index is 0.364. The number of piperidine rings is 1. The normalized spacial score (nSPS) is 19.4. The largest absolute Gasteiger partial charge is 0.298 e. The van der Waals surface area contributed by atoms with Crippen molar-refractivity contribution in [2.45, 2.75) is 46.5 Å². The lowest BCUT2D eigenvalue weighted by atomic mass is 9.93. The number of nitrogens with zero attached hydrogens (tertiary/aromatic N) is 6. The van der Waals surface area contributed by atoms with Crippen molar-refractivity contribution in [2.24, 2.45) is 4.99 Å². The van der Waals surface area contributed by atoms with Crippen LogP contribution < -0.4 is 0 Å². The smallest absolute Gasteiger partial charge is 0.100 e. The van der Waals surface area contributed by atoms with Crippen LogP contribution in [0.4, 0.5) is 0 Å². The maximum Gasteiger partial charge on any atom is 0.100 e. The van der Waals surface area contributed by atoms with Gasteiger partial charge in [-0.15, -0.1) is 5.10 Å². The average molecular weight is 508 g/mol. The summed E-state index contributed by atoms with van der Waals surface area (Å²) in [6, 6.07) is 6.26. The van der Waals surface area contributed by atoms with Crippen LogP contribution >= 0.6 is 0 Å². The van der Waals surface area contributed by atoms with Crippen molar-refractivity contribution < 1.29 is 0 Å². The SMILES string of the molecule is C=C(C)/C(CN1CCC[C@@H](c2cn(-c3ccc4[nH]nc(C5=CC(C)=NCC=C5)c4c3)nn2)C1)=C(C)\C=C/C. The van der Waals surface area contributed by atoms with Gasteiger partial charge in [-0.25, -0.2) is 4.68 Å². The summed E-state index contributed by atoms with van der Waals surface area (Å²) in [5.41, 5.74) is 9.77. The van der Waals surface area contributed by atoms with Crippen LogP contribution in [0.1, 0.15) is 57.8 Å². The third-order valence-electron chi connectivity index (χ3n) is 7.42. The molecule has 0 spiro atoms. The Bertz CT molecular complexity index is 1490. The molecule has 5 rings (SSSR count). The van der Waals surface area contributed by atoms with Crippen LogP contribution in [0.15, 0.2) is 83.1 Å². The molecule has 0 unspecified atom stereocenters. The molecule has 0 radical (unpaired) electrons. The fourth-order valence-corrected chi connectivity index (χ4v) is 5.41. The van der Waals surface area contributed by atoms with Crippen LogP contribution in [0.5, 0.6) is 0 Å². The summed E-state index contributed by atoms with van der Waals surface area (Å²) in [6.07, 6.45) is 14.9. The van der Waals surface area contributed by atoms with Crippen LogP contribution in [0.3, 0.4) is 0 Å². The van der Waals surface area contributed by atoms with E-state index in [4.69, 9.17) is 0 Å². The molecule has 7 heteroatoms. The van der Waals surface area contributed by atoms with Gasteiger partial charge in [0.1, 0.15) is 5.69 Å². The van der Waals surface area contributed by atoms with E-state index in [1.54, 1.807) is 0 Å². The number of hydrogen-bond donors (Lipinski definition) is 1. The number of likely N-dealkylation sites (tertiary alicyclic amines) is 1. The van der Waals surface area contributed by atoms with Gasteiger partial charge in [-0.05, 0) is 82.5 Å². The molecule has 1 fully saturated rings. The molecular formula is C31H37N7. The number of aromatic nitrogens is 5. The van der Waals surface area contributed by atoms with E-state index in [0.717, 1.165) is 77.3 Å². The summed E-state index contributed by atoms with van der Waals surface area (Å²) in [4.78, 5) is 7.04. The zero-order valence-corrected chi connectivity index (χ0v) is 22.9. The molecule has 0 aliphatic carbocycles. The van der Waals surface area contributed by atoms with Crippen molar-refractivity contribution in [1.82, 2.24) is 30.1 Å². The predicted octanol–water partition coefficient (Wildman–Crippen LogP) is 6.21. The molecule has 1 N–H and O–H groups in total. The molecule has 2 aliphatic heterocycles. The fraction of sp³-hybridized carbons (Fsp3) is 0.355. The molecule has 1 aromatic carbocycles. The van der Waals surface area contributed by atoms with Crippen molar-refractivity contribution >= 4 is 22.2 Å². The third-order valence-corrected chi connectivity index (χ3v) is 7.42. The molecule has 0 saturated carbocycles. The Kier molecular flexibility index (Phi) is 7.65. The van der Waals surface area contributed by atoms with E-state index in [1.807, 2.05) is 11.6 Å². The Hall–Kier alpha value is -3.84. The van der Waals surface area contributed by atoms with Gasteiger partial charge in [0, 0.05) is 35.7 Å². The zero-order valence-electron chi connectivity index (χ0n) is 22.9. The second kappa shape index (κ2) is 11.3. The highest BCUT2D eigenvalue weighted by atomic mass is 15.4. The molecule has 4 heterocycles. The number of nitrogens with one attached hydrogen (secondary N) is 1. The summed E-state index contributed by atoms with van der Waals surface area (Å²) in [6.45, 7) is 16.3. The van der Waals surface area contributed by atoms with E-state index in [2.05, 4.69) is 113 Å². The van der Waals surface area contributed by atoms with Crippen molar-refractivity contribution in [2.75, 3.05) is 26.2 Å². The molecule has 38 heavy (non-hydrogen) atoms. The van der Waals surface area contributed by atoms with Gasteiger partial charge in [0.15, 0.2) is 0 Å². The number of benzene rings is 1. The van der Waals surface area contributed by atoms with E-state index in [9.17, 15) is 0 Å². The lowest BCUT2D eigenvalue weighted by Gasteiger charge is -2.33. The van der Waals surface area contributed by atoms with Gasteiger partial charge in [0.05, 0.1) is 29.6 Å². The van der Waals surface area contributed by atoms with Crippen molar-refractivity contribution in [3.05, 3.63) is 89.5 Å². The van der Waals surface area contributed by atoms with Gasteiger partial charge in [-0.3, -0.25) is 15.0 Å². The molecular weight excluding hydrogens is 470 g/mol. The molecule has 1 atom stereocenters. The number of allylic oxidation sites excluding steroid dienone is 6. The standard InChI is InChI=1S/C31H37N7/c1-6-9-22(4)28(21(2)3)19-37-15-8-11-25(18-37)30-20-38(36-34-30)26-12-13-29-27(17-26)31(35-33-29)24-10-7-14-32-23(5)16-24/h6-7,9-10,12-13,16-17,20,25H,2,8,11,14-15,18-19H2,1,3-5H3,(H,33,35)/b9-6-,28-22-/t25-/m1/s1. The monoisotopic (exact) mass is 507 g/mol. The van der Waals surface area contributed by atoms with Crippen molar-refractivity contribution in [1.29, 1.82) is 0 Å². The number of rotatable bonds is 7. The summed E-state index contributed by atoms with van der Waals surface area (Å²) >= 11 is 0. The second-order valence-corrected chi connectivity index (χ2v) is 10.4. The molecule has 0 amide bonds. The van der Waals surface area contributed by atoms with Crippen LogP contribution in [0, 0.1) is 0 Å². The predicted molar refractivity (Wildman–Crippen MR) is 157 cm³/mol. The Morgan fingerprint density at radius 1 is 1.26 bits per heavy atom. The molecule has 2 aliphatic rings. The molecule has 0 bridgehead atoms. The molecule has 1 saturated heterocycles. The highest BCUT2D eigenvalue weighted by molar-refractivity contribution is 6.04. The van der Waals surface area contributed by atoms with Gasteiger partial charge < -0.3 is 0 Å². The Labute approximate surface area is 225 Å². The van der Waals surface area contributed by atoms with Crippen molar-refractivity contribution in [3.8, 4) is 5.69 Å². The van der Waals surface area contributed by atoms with E-state index in [-0.39, 0.29) is 0 Å². The van der Waals surface area contributed by atoms with Crippen LogP contribution in [-0.4, -0.2) is 62.0 Å². The minimum atomic E-state index is 0.364. The highest BCUT2D eigenvalue weighted by Gasteiger charge is 2.25. The van der Waals surface area contributed by atoms with Crippen LogP contribution in [0.25, 0.3) is 22.2 Å². The van der Waals surface area contributed by atoms with E-state index in [0.29, 0.717) is 12.5 Å². The zero-order chi connectivity index (χ0) is 26.6. The maximum atomic E-state index is 4.62. The van der Waals surface area contributed by atoms with Crippen LogP contribution in [-0.2, 0) is 0 Å².